The maximum absolute atomic E-state index is 14.2. The zero-order valence-corrected chi connectivity index (χ0v) is 14.8. The number of alkyl halides is 1. The van der Waals surface area contributed by atoms with Crippen molar-refractivity contribution in [1.82, 2.24) is 24.7 Å². The first-order valence-corrected chi connectivity index (χ1v) is 8.98. The summed E-state index contributed by atoms with van der Waals surface area (Å²) in [6, 6.07) is 5.23. The van der Waals surface area contributed by atoms with Crippen LogP contribution in [0, 0.1) is 5.92 Å². The van der Waals surface area contributed by atoms with Gasteiger partial charge in [0.2, 0.25) is 0 Å². The molecule has 1 saturated carbocycles. The lowest BCUT2D eigenvalue weighted by molar-refractivity contribution is 0.204. The summed E-state index contributed by atoms with van der Waals surface area (Å²) in [6.45, 7) is 4.00. The van der Waals surface area contributed by atoms with Gasteiger partial charge in [0.25, 0.3) is 0 Å². The standard InChI is InChI=1S/C20H20FN5O/c1-13(15-4-2-3-5-17(15)21)20-23-11-18(24-25-20)16-7-6-14(10-19(16)27)26-9-8-22-12-26/h6-12,15,17,27H,1-5H2/t15-,17-/m0/s1. The molecule has 0 aliphatic heterocycles. The lowest BCUT2D eigenvalue weighted by Gasteiger charge is -2.26. The minimum atomic E-state index is -0.894. The second-order valence-corrected chi connectivity index (χ2v) is 6.77. The molecular weight excluding hydrogens is 345 g/mol. The molecule has 7 heteroatoms. The number of nitrogens with zero attached hydrogens (tertiary/aromatic N) is 5. The Balaban J connectivity index is 1.56. The van der Waals surface area contributed by atoms with Crippen LogP contribution in [0.3, 0.4) is 0 Å². The number of rotatable bonds is 4. The molecule has 6 nitrogen and oxygen atoms in total. The average molecular weight is 365 g/mol. The first kappa shape index (κ1) is 17.3. The summed E-state index contributed by atoms with van der Waals surface area (Å²) in [5.41, 5.74) is 2.35. The van der Waals surface area contributed by atoms with Gasteiger partial charge in [-0.25, -0.2) is 14.4 Å². The van der Waals surface area contributed by atoms with Crippen molar-refractivity contribution in [2.24, 2.45) is 5.92 Å². The van der Waals surface area contributed by atoms with Crippen LogP contribution in [0.25, 0.3) is 22.5 Å². The zero-order chi connectivity index (χ0) is 18.8. The van der Waals surface area contributed by atoms with E-state index in [0.717, 1.165) is 24.9 Å². The summed E-state index contributed by atoms with van der Waals surface area (Å²) in [6.07, 6.45) is 8.99. The Morgan fingerprint density at radius 1 is 1.22 bits per heavy atom. The molecule has 0 radical (unpaired) electrons. The number of aromatic hydroxyl groups is 1. The first-order chi connectivity index (χ1) is 13.1. The van der Waals surface area contributed by atoms with Crippen molar-refractivity contribution in [1.29, 1.82) is 0 Å². The van der Waals surface area contributed by atoms with Crippen LogP contribution in [-0.2, 0) is 0 Å². The smallest absolute Gasteiger partial charge is 0.177 e. The highest BCUT2D eigenvalue weighted by Crippen LogP contribution is 2.35. The van der Waals surface area contributed by atoms with E-state index in [9.17, 15) is 9.50 Å². The van der Waals surface area contributed by atoms with Gasteiger partial charge < -0.3 is 9.67 Å². The van der Waals surface area contributed by atoms with E-state index >= 15 is 0 Å². The Bertz CT molecular complexity index is 940. The zero-order valence-electron chi connectivity index (χ0n) is 14.8. The summed E-state index contributed by atoms with van der Waals surface area (Å²) < 4.78 is 15.9. The molecule has 4 rings (SSSR count). The molecule has 1 aliphatic carbocycles. The van der Waals surface area contributed by atoms with Crippen LogP contribution < -0.4 is 0 Å². The molecule has 0 amide bonds. The van der Waals surface area contributed by atoms with E-state index in [4.69, 9.17) is 0 Å². The normalized spacial score (nSPS) is 19.7. The number of allylic oxidation sites excluding steroid dienone is 1. The molecule has 1 N–H and O–H groups in total. The molecule has 2 aromatic heterocycles. The monoisotopic (exact) mass is 365 g/mol. The molecule has 2 heterocycles. The Morgan fingerprint density at radius 3 is 2.74 bits per heavy atom. The average Bonchev–Trinajstić information content (AvgIpc) is 3.23. The van der Waals surface area contributed by atoms with Crippen molar-refractivity contribution in [3.8, 4) is 22.7 Å². The van der Waals surface area contributed by atoms with E-state index in [0.29, 0.717) is 29.1 Å². The van der Waals surface area contributed by atoms with Crippen LogP contribution in [0.15, 0.2) is 49.7 Å². The van der Waals surface area contributed by atoms with Crippen LogP contribution in [0.2, 0.25) is 0 Å². The van der Waals surface area contributed by atoms with E-state index in [2.05, 4.69) is 26.7 Å². The van der Waals surface area contributed by atoms with E-state index in [1.807, 2.05) is 6.07 Å². The number of imidazole rings is 1. The third kappa shape index (κ3) is 3.45. The maximum atomic E-state index is 14.2. The molecule has 138 valence electrons. The fraction of sp³-hybridized carbons (Fsp3) is 0.300. The van der Waals surface area contributed by atoms with Gasteiger partial charge in [-0.05, 0) is 30.5 Å². The minimum Gasteiger partial charge on any atom is -0.507 e. The SMILES string of the molecule is C=C(c1ncc(-c2ccc(-n3ccnc3)cc2O)nn1)[C@@H]1CCCC[C@@H]1F. The van der Waals surface area contributed by atoms with Crippen LogP contribution in [0.5, 0.6) is 5.75 Å². The van der Waals surface area contributed by atoms with E-state index in [1.165, 1.54) is 6.20 Å². The van der Waals surface area contributed by atoms with Crippen molar-refractivity contribution in [3.05, 3.63) is 55.5 Å². The van der Waals surface area contributed by atoms with Crippen molar-refractivity contribution in [2.75, 3.05) is 0 Å². The van der Waals surface area contributed by atoms with Gasteiger partial charge in [-0.15, -0.1) is 10.2 Å². The summed E-state index contributed by atoms with van der Waals surface area (Å²) in [5, 5.41) is 18.7. The van der Waals surface area contributed by atoms with E-state index in [1.54, 1.807) is 35.4 Å². The number of aromatic nitrogens is 5. The topological polar surface area (TPSA) is 76.7 Å². The largest absolute Gasteiger partial charge is 0.507 e. The quantitative estimate of drug-likeness (QED) is 0.757. The molecule has 27 heavy (non-hydrogen) atoms. The van der Waals surface area contributed by atoms with Crippen molar-refractivity contribution in [2.45, 2.75) is 31.9 Å². The van der Waals surface area contributed by atoms with Gasteiger partial charge >= 0.3 is 0 Å². The molecular formula is C20H20FN5O. The summed E-state index contributed by atoms with van der Waals surface area (Å²) in [7, 11) is 0. The predicted octanol–water partition coefficient (Wildman–Crippen LogP) is 3.97. The van der Waals surface area contributed by atoms with Gasteiger partial charge in [-0.3, -0.25) is 0 Å². The molecule has 0 unspecified atom stereocenters. The Kier molecular flexibility index (Phi) is 4.66. The molecule has 0 saturated heterocycles. The lowest BCUT2D eigenvalue weighted by atomic mass is 9.82. The summed E-state index contributed by atoms with van der Waals surface area (Å²) in [4.78, 5) is 8.30. The number of hydrogen-bond donors (Lipinski definition) is 1. The number of benzene rings is 1. The second-order valence-electron chi connectivity index (χ2n) is 6.77. The van der Waals surface area contributed by atoms with Gasteiger partial charge in [0.05, 0.1) is 18.2 Å². The van der Waals surface area contributed by atoms with Crippen LogP contribution in [0.4, 0.5) is 4.39 Å². The Labute approximate surface area is 156 Å². The molecule has 0 spiro atoms. The highest BCUT2D eigenvalue weighted by molar-refractivity contribution is 5.68. The summed E-state index contributed by atoms with van der Waals surface area (Å²) in [5.74, 6) is 0.192. The van der Waals surface area contributed by atoms with E-state index in [-0.39, 0.29) is 11.7 Å². The molecule has 1 aliphatic rings. The number of halogens is 1. The van der Waals surface area contributed by atoms with Crippen molar-refractivity contribution < 1.29 is 9.50 Å². The number of phenols is 1. The third-order valence-electron chi connectivity index (χ3n) is 5.04. The highest BCUT2D eigenvalue weighted by Gasteiger charge is 2.29. The minimum absolute atomic E-state index is 0.0694. The third-order valence-corrected chi connectivity index (χ3v) is 5.04. The predicted molar refractivity (Wildman–Crippen MR) is 99.9 cm³/mol. The van der Waals surface area contributed by atoms with Gasteiger partial charge in [-0.1, -0.05) is 19.4 Å². The molecule has 2 atom stereocenters. The van der Waals surface area contributed by atoms with Crippen LogP contribution in [0.1, 0.15) is 31.5 Å². The molecule has 1 fully saturated rings. The number of phenolic OH excluding ortho intramolecular Hbond substituents is 1. The van der Waals surface area contributed by atoms with Crippen LogP contribution in [-0.4, -0.2) is 36.0 Å². The lowest BCUT2D eigenvalue weighted by Crippen LogP contribution is -2.22. The fourth-order valence-electron chi connectivity index (χ4n) is 3.50. The van der Waals surface area contributed by atoms with Crippen molar-refractivity contribution in [3.63, 3.8) is 0 Å². The Morgan fingerprint density at radius 2 is 2.07 bits per heavy atom. The maximum Gasteiger partial charge on any atom is 0.177 e. The van der Waals surface area contributed by atoms with Gasteiger partial charge in [0.1, 0.15) is 17.6 Å². The van der Waals surface area contributed by atoms with E-state index < -0.39 is 6.17 Å². The second kappa shape index (κ2) is 7.26. The van der Waals surface area contributed by atoms with Crippen molar-refractivity contribution >= 4 is 5.57 Å². The Hall–Kier alpha value is -3.09. The van der Waals surface area contributed by atoms with Gasteiger partial charge in [0, 0.05) is 29.9 Å². The molecule has 3 aromatic rings. The fourth-order valence-corrected chi connectivity index (χ4v) is 3.50. The molecule has 0 bridgehead atoms. The number of hydrogen-bond acceptors (Lipinski definition) is 5. The highest BCUT2D eigenvalue weighted by atomic mass is 19.1. The summed E-state index contributed by atoms with van der Waals surface area (Å²) >= 11 is 0. The van der Waals surface area contributed by atoms with Gasteiger partial charge in [0.15, 0.2) is 5.82 Å². The van der Waals surface area contributed by atoms with Crippen LogP contribution >= 0.6 is 0 Å². The molecule has 1 aromatic carbocycles. The first-order valence-electron chi connectivity index (χ1n) is 8.98. The van der Waals surface area contributed by atoms with Gasteiger partial charge in [-0.2, -0.15) is 0 Å².